The SMILES string of the molecule is CCN(C)C1CNCC(C(=O)O)C1. The number of aliphatic carboxylic acids is 1. The molecule has 1 aliphatic rings. The standard InChI is InChI=1S/C9H18N2O2/c1-3-11(2)8-4-7(9(12)13)5-10-6-8/h7-8,10H,3-6H2,1-2H3,(H,12,13). The van der Waals surface area contributed by atoms with Crippen molar-refractivity contribution in [2.24, 2.45) is 5.92 Å². The second-order valence-electron chi connectivity index (χ2n) is 3.66. The summed E-state index contributed by atoms with van der Waals surface area (Å²) in [4.78, 5) is 12.9. The summed E-state index contributed by atoms with van der Waals surface area (Å²) < 4.78 is 0. The summed E-state index contributed by atoms with van der Waals surface area (Å²) in [7, 11) is 2.04. The first-order valence-corrected chi connectivity index (χ1v) is 4.79. The number of likely N-dealkylation sites (N-methyl/N-ethyl adjacent to an activating group) is 1. The average molecular weight is 186 g/mol. The maximum Gasteiger partial charge on any atom is 0.307 e. The molecule has 0 aliphatic carbocycles. The number of rotatable bonds is 3. The number of nitrogens with zero attached hydrogens (tertiary/aromatic N) is 1. The van der Waals surface area contributed by atoms with E-state index in [1.807, 2.05) is 7.05 Å². The van der Waals surface area contributed by atoms with Gasteiger partial charge < -0.3 is 15.3 Å². The van der Waals surface area contributed by atoms with E-state index in [9.17, 15) is 4.79 Å². The van der Waals surface area contributed by atoms with Crippen LogP contribution in [0.5, 0.6) is 0 Å². The van der Waals surface area contributed by atoms with Crippen LogP contribution < -0.4 is 5.32 Å². The number of carboxylic acid groups (broad SMARTS) is 1. The van der Waals surface area contributed by atoms with Crippen LogP contribution >= 0.6 is 0 Å². The predicted molar refractivity (Wildman–Crippen MR) is 50.7 cm³/mol. The fourth-order valence-corrected chi connectivity index (χ4v) is 1.70. The second-order valence-corrected chi connectivity index (χ2v) is 3.66. The summed E-state index contributed by atoms with van der Waals surface area (Å²) in [6, 6.07) is 0.375. The highest BCUT2D eigenvalue weighted by atomic mass is 16.4. The lowest BCUT2D eigenvalue weighted by Crippen LogP contribution is -2.49. The number of piperidine rings is 1. The molecule has 1 fully saturated rings. The molecule has 0 amide bonds. The quantitative estimate of drug-likeness (QED) is 0.651. The predicted octanol–water partition coefficient (Wildman–Crippen LogP) is 0.000800. The van der Waals surface area contributed by atoms with E-state index in [2.05, 4.69) is 17.1 Å². The van der Waals surface area contributed by atoms with Crippen LogP contribution in [0.2, 0.25) is 0 Å². The minimum Gasteiger partial charge on any atom is -0.481 e. The van der Waals surface area contributed by atoms with E-state index in [4.69, 9.17) is 5.11 Å². The Labute approximate surface area is 78.9 Å². The van der Waals surface area contributed by atoms with E-state index in [0.717, 1.165) is 19.5 Å². The molecule has 0 spiro atoms. The topological polar surface area (TPSA) is 52.6 Å². The largest absolute Gasteiger partial charge is 0.481 e. The van der Waals surface area contributed by atoms with E-state index in [-0.39, 0.29) is 5.92 Å². The van der Waals surface area contributed by atoms with Crippen LogP contribution in [0.3, 0.4) is 0 Å². The van der Waals surface area contributed by atoms with Crippen molar-refractivity contribution in [1.29, 1.82) is 0 Å². The number of hydrogen-bond donors (Lipinski definition) is 2. The first-order valence-electron chi connectivity index (χ1n) is 4.79. The molecule has 1 saturated heterocycles. The van der Waals surface area contributed by atoms with Gasteiger partial charge in [0.25, 0.3) is 0 Å². The van der Waals surface area contributed by atoms with Crippen LogP contribution in [0, 0.1) is 5.92 Å². The first kappa shape index (κ1) is 10.5. The summed E-state index contributed by atoms with van der Waals surface area (Å²) in [6.07, 6.45) is 0.771. The fraction of sp³-hybridized carbons (Fsp3) is 0.889. The molecule has 0 saturated carbocycles. The van der Waals surface area contributed by atoms with Gasteiger partial charge in [0.05, 0.1) is 5.92 Å². The first-order chi connectivity index (χ1) is 6.15. The second kappa shape index (κ2) is 4.58. The summed E-state index contributed by atoms with van der Waals surface area (Å²) in [6.45, 7) is 4.58. The molecular formula is C9H18N2O2. The zero-order valence-electron chi connectivity index (χ0n) is 8.29. The highest BCUT2D eigenvalue weighted by Crippen LogP contribution is 2.14. The lowest BCUT2D eigenvalue weighted by molar-refractivity contribution is -0.142. The van der Waals surface area contributed by atoms with Crippen molar-refractivity contribution in [2.45, 2.75) is 19.4 Å². The van der Waals surface area contributed by atoms with Crippen molar-refractivity contribution in [2.75, 3.05) is 26.7 Å². The van der Waals surface area contributed by atoms with Gasteiger partial charge >= 0.3 is 5.97 Å². The van der Waals surface area contributed by atoms with Crippen molar-refractivity contribution in [3.63, 3.8) is 0 Å². The van der Waals surface area contributed by atoms with Gasteiger partial charge in [0.2, 0.25) is 0 Å². The number of carbonyl (C=O) groups is 1. The van der Waals surface area contributed by atoms with Gasteiger partial charge in [-0.05, 0) is 20.0 Å². The molecule has 1 rings (SSSR count). The number of carboxylic acids is 1. The smallest absolute Gasteiger partial charge is 0.307 e. The van der Waals surface area contributed by atoms with Gasteiger partial charge in [-0.2, -0.15) is 0 Å². The van der Waals surface area contributed by atoms with Gasteiger partial charge in [0.15, 0.2) is 0 Å². The third-order valence-corrected chi connectivity index (χ3v) is 2.80. The highest BCUT2D eigenvalue weighted by molar-refractivity contribution is 5.70. The van der Waals surface area contributed by atoms with Crippen LogP contribution in [-0.4, -0.2) is 48.7 Å². The molecule has 4 nitrogen and oxygen atoms in total. The van der Waals surface area contributed by atoms with E-state index in [1.54, 1.807) is 0 Å². The van der Waals surface area contributed by atoms with Gasteiger partial charge in [-0.25, -0.2) is 0 Å². The summed E-state index contributed by atoms with van der Waals surface area (Å²) in [5.74, 6) is -0.894. The zero-order chi connectivity index (χ0) is 9.84. The Bertz CT molecular complexity index is 184. The Morgan fingerprint density at radius 1 is 1.62 bits per heavy atom. The molecule has 0 bridgehead atoms. The summed E-state index contributed by atoms with van der Waals surface area (Å²) in [5.41, 5.74) is 0. The molecule has 0 radical (unpaired) electrons. The maximum absolute atomic E-state index is 10.8. The molecule has 0 aromatic rings. The molecule has 2 atom stereocenters. The summed E-state index contributed by atoms with van der Waals surface area (Å²) in [5, 5.41) is 12.0. The van der Waals surface area contributed by atoms with Crippen LogP contribution in [0.4, 0.5) is 0 Å². The molecule has 4 heteroatoms. The molecule has 0 aromatic carbocycles. The normalized spacial score (nSPS) is 29.2. The minimum atomic E-state index is -0.679. The monoisotopic (exact) mass is 186 g/mol. The van der Waals surface area contributed by atoms with E-state index in [1.165, 1.54) is 0 Å². The lowest BCUT2D eigenvalue weighted by atomic mass is 9.95. The molecule has 13 heavy (non-hydrogen) atoms. The highest BCUT2D eigenvalue weighted by Gasteiger charge is 2.28. The van der Waals surface area contributed by atoms with Crippen molar-refractivity contribution in [1.82, 2.24) is 10.2 Å². The Balaban J connectivity index is 2.46. The van der Waals surface area contributed by atoms with Crippen LogP contribution in [-0.2, 0) is 4.79 Å². The van der Waals surface area contributed by atoms with Crippen molar-refractivity contribution in [3.8, 4) is 0 Å². The lowest BCUT2D eigenvalue weighted by Gasteiger charge is -2.33. The van der Waals surface area contributed by atoms with Gasteiger partial charge in [-0.3, -0.25) is 4.79 Å². The van der Waals surface area contributed by atoms with Crippen LogP contribution in [0.1, 0.15) is 13.3 Å². The molecule has 76 valence electrons. The van der Waals surface area contributed by atoms with E-state index >= 15 is 0 Å². The average Bonchev–Trinajstić information content (AvgIpc) is 2.17. The van der Waals surface area contributed by atoms with E-state index < -0.39 is 5.97 Å². The molecule has 2 N–H and O–H groups in total. The third-order valence-electron chi connectivity index (χ3n) is 2.80. The zero-order valence-corrected chi connectivity index (χ0v) is 8.29. The van der Waals surface area contributed by atoms with E-state index in [0.29, 0.717) is 12.6 Å². The Hall–Kier alpha value is -0.610. The molecule has 1 aliphatic heterocycles. The minimum absolute atomic E-state index is 0.215. The molecular weight excluding hydrogens is 168 g/mol. The van der Waals surface area contributed by atoms with Gasteiger partial charge in [0.1, 0.15) is 0 Å². The molecule has 0 aromatic heterocycles. The molecule has 2 unspecified atom stereocenters. The van der Waals surface area contributed by atoms with Crippen LogP contribution in [0.15, 0.2) is 0 Å². The summed E-state index contributed by atoms with van der Waals surface area (Å²) >= 11 is 0. The van der Waals surface area contributed by atoms with Gasteiger partial charge in [0, 0.05) is 19.1 Å². The molecule has 1 heterocycles. The number of hydrogen-bond acceptors (Lipinski definition) is 3. The third kappa shape index (κ3) is 2.67. The van der Waals surface area contributed by atoms with Gasteiger partial charge in [-0.1, -0.05) is 6.92 Å². The van der Waals surface area contributed by atoms with Crippen molar-refractivity contribution in [3.05, 3.63) is 0 Å². The van der Waals surface area contributed by atoms with Crippen molar-refractivity contribution < 1.29 is 9.90 Å². The Kier molecular flexibility index (Phi) is 3.69. The number of nitrogens with one attached hydrogen (secondary N) is 1. The fourth-order valence-electron chi connectivity index (χ4n) is 1.70. The van der Waals surface area contributed by atoms with Crippen LogP contribution in [0.25, 0.3) is 0 Å². The Morgan fingerprint density at radius 3 is 2.85 bits per heavy atom. The van der Waals surface area contributed by atoms with Gasteiger partial charge in [-0.15, -0.1) is 0 Å². The maximum atomic E-state index is 10.8. The van der Waals surface area contributed by atoms with Crippen molar-refractivity contribution >= 4 is 5.97 Å². The Morgan fingerprint density at radius 2 is 2.31 bits per heavy atom.